The van der Waals surface area contributed by atoms with Crippen LogP contribution in [-0.4, -0.2) is 38.2 Å². The van der Waals surface area contributed by atoms with Crippen LogP contribution in [0.25, 0.3) is 0 Å². The zero-order chi connectivity index (χ0) is 21.8. The Hall–Kier alpha value is -3.63. The number of rotatable bonds is 5. The molecule has 156 valence electrons. The molecule has 11 heteroatoms. The van der Waals surface area contributed by atoms with Crippen LogP contribution in [0.4, 0.5) is 16.3 Å². The van der Waals surface area contributed by atoms with E-state index in [0.29, 0.717) is 5.69 Å². The zero-order valence-corrected chi connectivity index (χ0v) is 16.6. The van der Waals surface area contributed by atoms with E-state index in [9.17, 15) is 19.2 Å². The normalized spacial score (nSPS) is 12.1. The second-order valence-electron chi connectivity index (χ2n) is 7.29. The maximum atomic E-state index is 12.8. The number of carbonyl (C=O) groups is 2. The van der Waals surface area contributed by atoms with Crippen molar-refractivity contribution >= 4 is 23.5 Å². The molecule has 2 aromatic heterocycles. The second-order valence-corrected chi connectivity index (χ2v) is 7.29. The lowest BCUT2D eigenvalue weighted by Gasteiger charge is -2.23. The van der Waals surface area contributed by atoms with Gasteiger partial charge in [-0.2, -0.15) is 0 Å². The summed E-state index contributed by atoms with van der Waals surface area (Å²) in [4.78, 5) is 54.8. The number of nitrogens with one attached hydrogen (secondary N) is 3. The first kappa shape index (κ1) is 21.7. The van der Waals surface area contributed by atoms with E-state index in [4.69, 9.17) is 10.5 Å². The predicted molar refractivity (Wildman–Crippen MR) is 106 cm³/mol. The van der Waals surface area contributed by atoms with Gasteiger partial charge in [0.15, 0.2) is 0 Å². The highest BCUT2D eigenvalue weighted by Crippen LogP contribution is 2.11. The summed E-state index contributed by atoms with van der Waals surface area (Å²) < 4.78 is 6.18. The molecule has 0 unspecified atom stereocenters. The fourth-order valence-electron chi connectivity index (χ4n) is 2.36. The van der Waals surface area contributed by atoms with E-state index < -0.39 is 34.9 Å². The summed E-state index contributed by atoms with van der Waals surface area (Å²) in [6.07, 6.45) is 0.777. The summed E-state index contributed by atoms with van der Waals surface area (Å²) in [5, 5.41) is 4.84. The Kier molecular flexibility index (Phi) is 6.42. The van der Waals surface area contributed by atoms with Crippen LogP contribution in [0.1, 0.15) is 26.5 Å². The van der Waals surface area contributed by atoms with Gasteiger partial charge in [0, 0.05) is 25.4 Å². The van der Waals surface area contributed by atoms with Crippen LogP contribution in [0.15, 0.2) is 34.0 Å². The number of hydrogen-bond acceptors (Lipinski definition) is 7. The molecule has 0 saturated carbocycles. The summed E-state index contributed by atoms with van der Waals surface area (Å²) in [5.41, 5.74) is 3.67. The van der Waals surface area contributed by atoms with Gasteiger partial charge >= 0.3 is 11.8 Å². The maximum Gasteiger partial charge on any atom is 0.408 e. The van der Waals surface area contributed by atoms with Crippen LogP contribution in [0.5, 0.6) is 0 Å². The fourth-order valence-corrected chi connectivity index (χ4v) is 2.36. The van der Waals surface area contributed by atoms with Crippen LogP contribution in [0, 0.1) is 0 Å². The van der Waals surface area contributed by atoms with Crippen molar-refractivity contribution < 1.29 is 14.3 Å². The Balaban J connectivity index is 2.29. The van der Waals surface area contributed by atoms with Gasteiger partial charge < -0.3 is 21.1 Å². The second kappa shape index (κ2) is 8.59. The number of ether oxygens (including phenoxy) is 1. The molecule has 11 nitrogen and oxygen atoms in total. The lowest BCUT2D eigenvalue weighted by Crippen LogP contribution is -2.48. The van der Waals surface area contributed by atoms with Crippen molar-refractivity contribution in [1.82, 2.24) is 19.9 Å². The minimum Gasteiger partial charge on any atom is -0.444 e. The molecule has 0 fully saturated rings. The van der Waals surface area contributed by atoms with Gasteiger partial charge in [-0.05, 0) is 32.9 Å². The standard InChI is InChI=1S/C18H24N6O5/c1-18(2,3)29-17(28)21-11(9-10-7-5-6-8-20-10)14(25)22-12-13(19)24(4)16(27)23-15(12)26/h5-8,11H,9,19H2,1-4H3,(H,21,28)(H,22,25)(H,23,26,27)/t11-/m1/s1. The summed E-state index contributed by atoms with van der Waals surface area (Å²) in [6.45, 7) is 5.06. The molecule has 2 rings (SSSR count). The van der Waals surface area contributed by atoms with E-state index >= 15 is 0 Å². The van der Waals surface area contributed by atoms with Crippen molar-refractivity contribution in [2.24, 2.45) is 7.05 Å². The van der Waals surface area contributed by atoms with Gasteiger partial charge in [-0.15, -0.1) is 0 Å². The third-order valence-electron chi connectivity index (χ3n) is 3.76. The van der Waals surface area contributed by atoms with Crippen molar-refractivity contribution in [2.75, 3.05) is 11.1 Å². The van der Waals surface area contributed by atoms with Gasteiger partial charge in [-0.1, -0.05) is 6.07 Å². The molecule has 29 heavy (non-hydrogen) atoms. The van der Waals surface area contributed by atoms with Crippen molar-refractivity contribution in [1.29, 1.82) is 0 Å². The van der Waals surface area contributed by atoms with Gasteiger partial charge in [-0.25, -0.2) is 9.59 Å². The highest BCUT2D eigenvalue weighted by Gasteiger charge is 2.26. The highest BCUT2D eigenvalue weighted by atomic mass is 16.6. The number of aromatic nitrogens is 3. The number of aromatic amines is 1. The molecule has 0 aromatic carbocycles. The molecule has 0 bridgehead atoms. The van der Waals surface area contributed by atoms with Crippen LogP contribution in [0.2, 0.25) is 0 Å². The third-order valence-corrected chi connectivity index (χ3v) is 3.76. The molecule has 5 N–H and O–H groups in total. The SMILES string of the molecule is Cn1c(N)c(NC(=O)[C@@H](Cc2ccccn2)NC(=O)OC(C)(C)C)c(=O)[nH]c1=O. The van der Waals surface area contributed by atoms with Crippen molar-refractivity contribution in [3.8, 4) is 0 Å². The largest absolute Gasteiger partial charge is 0.444 e. The Morgan fingerprint density at radius 2 is 2.00 bits per heavy atom. The van der Waals surface area contributed by atoms with E-state index in [1.165, 1.54) is 7.05 Å². The maximum absolute atomic E-state index is 12.8. The molecule has 2 aromatic rings. The average Bonchev–Trinajstić information content (AvgIpc) is 2.62. The lowest BCUT2D eigenvalue weighted by molar-refractivity contribution is -0.118. The number of nitrogens with zero attached hydrogens (tertiary/aromatic N) is 2. The van der Waals surface area contributed by atoms with Crippen molar-refractivity contribution in [2.45, 2.75) is 38.8 Å². The van der Waals surface area contributed by atoms with Crippen LogP contribution in [0.3, 0.4) is 0 Å². The molecule has 2 amide bonds. The number of pyridine rings is 1. The van der Waals surface area contributed by atoms with E-state index in [1.807, 2.05) is 4.98 Å². The summed E-state index contributed by atoms with van der Waals surface area (Å²) in [5.74, 6) is -0.946. The van der Waals surface area contributed by atoms with Gasteiger partial charge in [0.2, 0.25) is 5.91 Å². The molecule has 2 heterocycles. The lowest BCUT2D eigenvalue weighted by atomic mass is 10.1. The number of carbonyl (C=O) groups excluding carboxylic acids is 2. The third kappa shape index (κ3) is 5.92. The van der Waals surface area contributed by atoms with E-state index in [1.54, 1.807) is 45.2 Å². The van der Waals surface area contributed by atoms with Crippen LogP contribution >= 0.6 is 0 Å². The Bertz CT molecular complexity index is 1010. The number of alkyl carbamates (subject to hydrolysis) is 1. The topological polar surface area (TPSA) is 161 Å². The molecule has 0 spiro atoms. The fraction of sp³-hybridized carbons (Fsp3) is 0.389. The number of nitrogens with two attached hydrogens (primary N) is 1. The molecule has 0 aliphatic carbocycles. The Morgan fingerprint density at radius 1 is 1.31 bits per heavy atom. The van der Waals surface area contributed by atoms with Gasteiger partial charge in [0.05, 0.1) is 0 Å². The number of amides is 2. The minimum absolute atomic E-state index is 0.0372. The first-order valence-corrected chi connectivity index (χ1v) is 8.77. The van der Waals surface area contributed by atoms with Crippen molar-refractivity contribution in [3.63, 3.8) is 0 Å². The predicted octanol–water partition coefficient (Wildman–Crippen LogP) is 0.125. The summed E-state index contributed by atoms with van der Waals surface area (Å²) in [7, 11) is 1.34. The monoisotopic (exact) mass is 404 g/mol. The van der Waals surface area contributed by atoms with Crippen molar-refractivity contribution in [3.05, 3.63) is 50.9 Å². The zero-order valence-electron chi connectivity index (χ0n) is 16.6. The van der Waals surface area contributed by atoms with E-state index in [2.05, 4.69) is 15.6 Å². The summed E-state index contributed by atoms with van der Waals surface area (Å²) in [6, 6.07) is 4.02. The molecule has 0 aliphatic rings. The smallest absolute Gasteiger partial charge is 0.408 e. The number of hydrogen-bond donors (Lipinski definition) is 4. The molecule has 0 radical (unpaired) electrons. The van der Waals surface area contributed by atoms with Gasteiger partial charge in [0.1, 0.15) is 23.1 Å². The van der Waals surface area contributed by atoms with Crippen LogP contribution < -0.4 is 27.6 Å². The first-order valence-electron chi connectivity index (χ1n) is 8.77. The number of H-pyrrole nitrogens is 1. The Morgan fingerprint density at radius 3 is 2.59 bits per heavy atom. The van der Waals surface area contributed by atoms with E-state index in [-0.39, 0.29) is 17.9 Å². The average molecular weight is 404 g/mol. The van der Waals surface area contributed by atoms with E-state index in [0.717, 1.165) is 4.57 Å². The molecule has 0 saturated heterocycles. The van der Waals surface area contributed by atoms with Gasteiger partial charge in [0.25, 0.3) is 5.56 Å². The minimum atomic E-state index is -1.12. The number of nitrogen functional groups attached to an aromatic ring is 1. The summed E-state index contributed by atoms with van der Waals surface area (Å²) >= 11 is 0. The molecule has 0 aliphatic heterocycles. The van der Waals surface area contributed by atoms with Gasteiger partial charge in [-0.3, -0.25) is 24.1 Å². The number of anilines is 2. The first-order chi connectivity index (χ1) is 13.5. The molecule has 1 atom stereocenters. The molecular formula is C18H24N6O5. The van der Waals surface area contributed by atoms with Crippen LogP contribution in [-0.2, 0) is 23.0 Å². The quantitative estimate of drug-likeness (QED) is 0.550. The highest BCUT2D eigenvalue weighted by molar-refractivity contribution is 5.98. The Labute approximate surface area is 166 Å². The molecular weight excluding hydrogens is 380 g/mol.